The molecular formula is C26H28N4O7S. The van der Waals surface area contributed by atoms with Gasteiger partial charge in [-0.05, 0) is 30.3 Å². The maximum atomic E-state index is 13.9. The summed E-state index contributed by atoms with van der Waals surface area (Å²) in [4.78, 5) is 27.6. The molecule has 0 bridgehead atoms. The third-order valence-corrected chi connectivity index (χ3v) is 8.13. The van der Waals surface area contributed by atoms with Crippen LogP contribution in [0, 0.1) is 10.1 Å². The van der Waals surface area contributed by atoms with Crippen molar-refractivity contribution in [3.8, 4) is 11.5 Å². The van der Waals surface area contributed by atoms with Crippen LogP contribution in [0.15, 0.2) is 77.7 Å². The van der Waals surface area contributed by atoms with E-state index in [-0.39, 0.29) is 11.4 Å². The summed E-state index contributed by atoms with van der Waals surface area (Å²) in [5.74, 6) is 0.114. The molecule has 0 saturated carbocycles. The molecule has 4 rings (SSSR count). The SMILES string of the molecule is COc1ccc(N(CC(=O)N2CCN(c3ccccc3)CC2)S(=O)(=O)c2ccccc2[N+](=O)[O-])c(OC)c1. The predicted molar refractivity (Wildman–Crippen MR) is 142 cm³/mol. The van der Waals surface area contributed by atoms with Crippen molar-refractivity contribution in [1.29, 1.82) is 0 Å². The number of hydrogen-bond donors (Lipinski definition) is 0. The number of benzene rings is 3. The summed E-state index contributed by atoms with van der Waals surface area (Å²) < 4.78 is 39.3. The number of ether oxygens (including phenoxy) is 2. The van der Waals surface area contributed by atoms with Crippen molar-refractivity contribution < 1.29 is 27.6 Å². The Morgan fingerprint density at radius 2 is 1.61 bits per heavy atom. The van der Waals surface area contributed by atoms with Crippen LogP contribution in [0.4, 0.5) is 17.1 Å². The van der Waals surface area contributed by atoms with Gasteiger partial charge in [0.1, 0.15) is 18.0 Å². The monoisotopic (exact) mass is 540 g/mol. The number of piperazine rings is 1. The average molecular weight is 541 g/mol. The van der Waals surface area contributed by atoms with Crippen molar-refractivity contribution in [3.05, 3.63) is 82.9 Å². The number of nitro benzene ring substituents is 1. The highest BCUT2D eigenvalue weighted by molar-refractivity contribution is 7.93. The van der Waals surface area contributed by atoms with E-state index < -0.39 is 38.0 Å². The topological polar surface area (TPSA) is 123 Å². The lowest BCUT2D eigenvalue weighted by Crippen LogP contribution is -2.52. The molecule has 38 heavy (non-hydrogen) atoms. The van der Waals surface area contributed by atoms with E-state index in [0.717, 1.165) is 22.1 Å². The normalized spacial score (nSPS) is 13.6. The van der Waals surface area contributed by atoms with Gasteiger partial charge in [-0.3, -0.25) is 19.2 Å². The lowest BCUT2D eigenvalue weighted by Gasteiger charge is -2.37. The highest BCUT2D eigenvalue weighted by Gasteiger charge is 2.36. The maximum absolute atomic E-state index is 13.9. The second kappa shape index (κ2) is 11.4. The number of para-hydroxylation sites is 2. The van der Waals surface area contributed by atoms with Gasteiger partial charge in [0, 0.05) is 44.0 Å². The molecule has 200 valence electrons. The molecule has 0 atom stereocenters. The average Bonchev–Trinajstić information content (AvgIpc) is 2.96. The molecule has 1 aliphatic rings. The largest absolute Gasteiger partial charge is 0.497 e. The summed E-state index contributed by atoms with van der Waals surface area (Å²) in [5.41, 5.74) is 0.514. The number of anilines is 2. The van der Waals surface area contributed by atoms with Crippen LogP contribution in [0.5, 0.6) is 11.5 Å². The van der Waals surface area contributed by atoms with Crippen LogP contribution < -0.4 is 18.7 Å². The smallest absolute Gasteiger partial charge is 0.289 e. The molecule has 0 aromatic heterocycles. The molecule has 11 nitrogen and oxygen atoms in total. The first kappa shape index (κ1) is 26.7. The Hall–Kier alpha value is -4.32. The van der Waals surface area contributed by atoms with Gasteiger partial charge in [0.05, 0.1) is 24.8 Å². The standard InChI is InChI=1S/C26H28N4O7S/c1-36-21-12-13-22(24(18-21)37-2)29(38(34,35)25-11-7-6-10-23(25)30(32)33)19-26(31)28-16-14-27(15-17-28)20-8-4-3-5-9-20/h3-13,18H,14-17,19H2,1-2H3. The van der Waals surface area contributed by atoms with Crippen molar-refractivity contribution >= 4 is 33.0 Å². The van der Waals surface area contributed by atoms with Gasteiger partial charge in [-0.25, -0.2) is 8.42 Å². The molecule has 1 aliphatic heterocycles. The third kappa shape index (κ3) is 5.49. The third-order valence-electron chi connectivity index (χ3n) is 6.32. The van der Waals surface area contributed by atoms with Crippen LogP contribution in [-0.4, -0.2) is 71.1 Å². The number of nitrogens with zero attached hydrogens (tertiary/aromatic N) is 4. The number of carbonyl (C=O) groups excluding carboxylic acids is 1. The summed E-state index contributed by atoms with van der Waals surface area (Å²) in [7, 11) is -1.74. The molecule has 3 aromatic carbocycles. The minimum atomic E-state index is -4.56. The zero-order chi connectivity index (χ0) is 27.3. The van der Waals surface area contributed by atoms with Gasteiger partial charge in [0.15, 0.2) is 4.90 Å². The highest BCUT2D eigenvalue weighted by atomic mass is 32.2. The van der Waals surface area contributed by atoms with E-state index in [1.165, 1.54) is 44.6 Å². The molecule has 0 radical (unpaired) electrons. The van der Waals surface area contributed by atoms with Crippen molar-refractivity contribution in [2.24, 2.45) is 0 Å². The van der Waals surface area contributed by atoms with Gasteiger partial charge < -0.3 is 19.3 Å². The number of sulfonamides is 1. The zero-order valence-electron chi connectivity index (χ0n) is 21.0. The molecule has 1 amide bonds. The number of amides is 1. The number of hydrogen-bond acceptors (Lipinski definition) is 8. The molecule has 1 saturated heterocycles. The van der Waals surface area contributed by atoms with Crippen LogP contribution in [0.3, 0.4) is 0 Å². The minimum Gasteiger partial charge on any atom is -0.497 e. The molecule has 3 aromatic rings. The Morgan fingerprint density at radius 1 is 0.947 bits per heavy atom. The Bertz CT molecular complexity index is 1410. The molecule has 0 N–H and O–H groups in total. The molecule has 0 aliphatic carbocycles. The van der Waals surface area contributed by atoms with Gasteiger partial charge in [0.25, 0.3) is 15.7 Å². The number of methoxy groups -OCH3 is 2. The Balaban J connectivity index is 1.67. The first-order valence-corrected chi connectivity index (χ1v) is 13.3. The van der Waals surface area contributed by atoms with Crippen molar-refractivity contribution in [2.45, 2.75) is 4.90 Å². The second-order valence-corrected chi connectivity index (χ2v) is 10.3. The van der Waals surface area contributed by atoms with E-state index in [1.54, 1.807) is 4.90 Å². The first-order chi connectivity index (χ1) is 18.3. The van der Waals surface area contributed by atoms with Crippen molar-refractivity contribution in [2.75, 3.05) is 56.1 Å². The fourth-order valence-corrected chi connectivity index (χ4v) is 5.90. The predicted octanol–water partition coefficient (Wildman–Crippen LogP) is 3.16. The summed E-state index contributed by atoms with van der Waals surface area (Å²) in [6.07, 6.45) is 0. The molecule has 1 fully saturated rings. The number of nitro groups is 1. The summed E-state index contributed by atoms with van der Waals surface area (Å²) >= 11 is 0. The van der Waals surface area contributed by atoms with Crippen LogP contribution in [-0.2, 0) is 14.8 Å². The van der Waals surface area contributed by atoms with Crippen LogP contribution in [0.25, 0.3) is 0 Å². The second-order valence-electron chi connectivity index (χ2n) is 8.48. The molecule has 0 unspecified atom stereocenters. The highest BCUT2D eigenvalue weighted by Crippen LogP contribution is 2.37. The van der Waals surface area contributed by atoms with E-state index in [1.807, 2.05) is 30.3 Å². The Morgan fingerprint density at radius 3 is 2.24 bits per heavy atom. The minimum absolute atomic E-state index is 0.0581. The van der Waals surface area contributed by atoms with Gasteiger partial charge in [-0.2, -0.15) is 0 Å². The molecule has 1 heterocycles. The lowest BCUT2D eigenvalue weighted by atomic mass is 10.2. The Kier molecular flexibility index (Phi) is 8.01. The molecular weight excluding hydrogens is 512 g/mol. The van der Waals surface area contributed by atoms with E-state index >= 15 is 0 Å². The van der Waals surface area contributed by atoms with Crippen LogP contribution in [0.1, 0.15) is 0 Å². The lowest BCUT2D eigenvalue weighted by molar-refractivity contribution is -0.387. The van der Waals surface area contributed by atoms with Gasteiger partial charge in [0.2, 0.25) is 5.91 Å². The van der Waals surface area contributed by atoms with Crippen LogP contribution in [0.2, 0.25) is 0 Å². The summed E-state index contributed by atoms with van der Waals surface area (Å²) in [5, 5.41) is 11.7. The first-order valence-electron chi connectivity index (χ1n) is 11.8. The van der Waals surface area contributed by atoms with Gasteiger partial charge in [-0.15, -0.1) is 0 Å². The van der Waals surface area contributed by atoms with Crippen molar-refractivity contribution in [3.63, 3.8) is 0 Å². The van der Waals surface area contributed by atoms with E-state index in [9.17, 15) is 23.3 Å². The Labute approximate surface area is 221 Å². The van der Waals surface area contributed by atoms with Gasteiger partial charge >= 0.3 is 0 Å². The fraction of sp³-hybridized carbons (Fsp3) is 0.269. The summed E-state index contributed by atoms with van der Waals surface area (Å²) in [6, 6.07) is 19.3. The maximum Gasteiger partial charge on any atom is 0.289 e. The van der Waals surface area contributed by atoms with Gasteiger partial charge in [-0.1, -0.05) is 30.3 Å². The van der Waals surface area contributed by atoms with E-state index in [0.29, 0.717) is 31.9 Å². The zero-order valence-corrected chi connectivity index (χ0v) is 21.8. The van der Waals surface area contributed by atoms with Crippen LogP contribution >= 0.6 is 0 Å². The molecule has 12 heteroatoms. The summed E-state index contributed by atoms with van der Waals surface area (Å²) in [6.45, 7) is 1.39. The number of carbonyl (C=O) groups is 1. The molecule has 0 spiro atoms. The van der Waals surface area contributed by atoms with E-state index in [2.05, 4.69) is 4.90 Å². The number of rotatable bonds is 9. The van der Waals surface area contributed by atoms with E-state index in [4.69, 9.17) is 9.47 Å². The fourth-order valence-electron chi connectivity index (χ4n) is 4.31. The quantitative estimate of drug-likeness (QED) is 0.300. The van der Waals surface area contributed by atoms with Crippen molar-refractivity contribution in [1.82, 2.24) is 4.90 Å².